The summed E-state index contributed by atoms with van der Waals surface area (Å²) in [5, 5.41) is 2.16. The van der Waals surface area contributed by atoms with Gasteiger partial charge in [0.2, 0.25) is 0 Å². The van der Waals surface area contributed by atoms with E-state index < -0.39 is 0 Å². The lowest BCUT2D eigenvalue weighted by Crippen LogP contribution is -2.39. The molecule has 0 amide bonds. The van der Waals surface area contributed by atoms with Gasteiger partial charge in [-0.05, 0) is 49.7 Å². The van der Waals surface area contributed by atoms with Crippen LogP contribution in [0.5, 0.6) is 0 Å². The van der Waals surface area contributed by atoms with Crippen molar-refractivity contribution in [1.29, 1.82) is 0 Å². The first-order chi connectivity index (χ1) is 8.24. The van der Waals surface area contributed by atoms with Crippen LogP contribution in [0, 0.1) is 5.41 Å². The third kappa shape index (κ3) is 3.54. The van der Waals surface area contributed by atoms with Crippen LogP contribution in [0.4, 0.5) is 0 Å². The lowest BCUT2D eigenvalue weighted by atomic mass is 9.86. The van der Waals surface area contributed by atoms with Gasteiger partial charge in [-0.2, -0.15) is 0 Å². The molecule has 1 aromatic heterocycles. The second kappa shape index (κ2) is 5.98. The van der Waals surface area contributed by atoms with Gasteiger partial charge in [-0.15, -0.1) is 11.3 Å². The Bertz CT molecular complexity index is 315. The molecular weight excluding hydrogens is 228 g/mol. The van der Waals surface area contributed by atoms with E-state index in [1.165, 1.54) is 43.5 Å². The lowest BCUT2D eigenvalue weighted by Gasteiger charge is -2.32. The molecule has 0 aromatic carbocycles. The molecule has 0 spiro atoms. The van der Waals surface area contributed by atoms with Crippen LogP contribution in [0.15, 0.2) is 17.5 Å². The first kappa shape index (κ1) is 13.1. The summed E-state index contributed by atoms with van der Waals surface area (Å²) in [5.74, 6) is 0. The minimum atomic E-state index is 0.421. The van der Waals surface area contributed by atoms with Crippen molar-refractivity contribution >= 4 is 11.3 Å². The maximum absolute atomic E-state index is 5.98. The molecule has 2 N–H and O–H groups in total. The molecule has 2 nitrogen and oxygen atoms in total. The van der Waals surface area contributed by atoms with Crippen molar-refractivity contribution < 1.29 is 0 Å². The highest BCUT2D eigenvalue weighted by Crippen LogP contribution is 2.37. The molecule has 0 aliphatic heterocycles. The monoisotopic (exact) mass is 252 g/mol. The van der Waals surface area contributed by atoms with Crippen LogP contribution in [0.2, 0.25) is 0 Å². The minimum absolute atomic E-state index is 0.421. The van der Waals surface area contributed by atoms with Gasteiger partial charge in [0.1, 0.15) is 0 Å². The molecule has 1 heterocycles. The molecule has 17 heavy (non-hydrogen) atoms. The van der Waals surface area contributed by atoms with Crippen molar-refractivity contribution in [3.8, 4) is 0 Å². The first-order valence-corrected chi connectivity index (χ1v) is 7.53. The molecule has 0 bridgehead atoms. The van der Waals surface area contributed by atoms with E-state index in [1.54, 1.807) is 0 Å². The Kier molecular flexibility index (Phi) is 4.60. The molecule has 2 rings (SSSR count). The Balaban J connectivity index is 1.78. The van der Waals surface area contributed by atoms with E-state index in [1.807, 2.05) is 11.3 Å². The molecule has 96 valence electrons. The average Bonchev–Trinajstić information content (AvgIpc) is 2.98. The highest BCUT2D eigenvalue weighted by molar-refractivity contribution is 7.09. The normalized spacial score (nSPS) is 19.0. The number of likely N-dealkylation sites (N-methyl/N-ethyl adjacent to an activating group) is 1. The summed E-state index contributed by atoms with van der Waals surface area (Å²) in [6.07, 6.45) is 6.57. The quantitative estimate of drug-likeness (QED) is 0.843. The summed E-state index contributed by atoms with van der Waals surface area (Å²) in [5.41, 5.74) is 6.40. The highest BCUT2D eigenvalue weighted by atomic mass is 32.1. The van der Waals surface area contributed by atoms with Crippen molar-refractivity contribution in [2.24, 2.45) is 11.1 Å². The lowest BCUT2D eigenvalue weighted by molar-refractivity contribution is 0.186. The van der Waals surface area contributed by atoms with Crippen LogP contribution < -0.4 is 5.73 Å². The van der Waals surface area contributed by atoms with E-state index in [0.29, 0.717) is 5.41 Å². The van der Waals surface area contributed by atoms with Crippen molar-refractivity contribution in [2.75, 3.05) is 26.7 Å². The van der Waals surface area contributed by atoms with Crippen LogP contribution in [0.3, 0.4) is 0 Å². The van der Waals surface area contributed by atoms with Gasteiger partial charge in [0.05, 0.1) is 0 Å². The molecule has 3 heteroatoms. The number of nitrogens with zero attached hydrogens (tertiary/aromatic N) is 1. The predicted molar refractivity (Wildman–Crippen MR) is 75.5 cm³/mol. The van der Waals surface area contributed by atoms with Crippen LogP contribution in [0.25, 0.3) is 0 Å². The van der Waals surface area contributed by atoms with Gasteiger partial charge in [0.25, 0.3) is 0 Å². The van der Waals surface area contributed by atoms with Crippen LogP contribution in [0.1, 0.15) is 30.6 Å². The summed E-state index contributed by atoms with van der Waals surface area (Å²) in [6, 6.07) is 4.37. The summed E-state index contributed by atoms with van der Waals surface area (Å²) < 4.78 is 0. The molecule has 0 saturated heterocycles. The largest absolute Gasteiger partial charge is 0.330 e. The van der Waals surface area contributed by atoms with E-state index in [9.17, 15) is 0 Å². The maximum Gasteiger partial charge on any atom is 0.00579 e. The fourth-order valence-electron chi connectivity index (χ4n) is 2.96. The zero-order valence-electron chi connectivity index (χ0n) is 10.8. The van der Waals surface area contributed by atoms with Gasteiger partial charge in [-0.25, -0.2) is 0 Å². The Morgan fingerprint density at radius 3 is 2.76 bits per heavy atom. The third-order valence-corrected chi connectivity index (χ3v) is 4.96. The van der Waals surface area contributed by atoms with E-state index in [0.717, 1.165) is 13.1 Å². The van der Waals surface area contributed by atoms with Gasteiger partial charge >= 0.3 is 0 Å². The number of hydrogen-bond acceptors (Lipinski definition) is 3. The van der Waals surface area contributed by atoms with E-state index >= 15 is 0 Å². The summed E-state index contributed by atoms with van der Waals surface area (Å²) in [7, 11) is 2.24. The maximum atomic E-state index is 5.98. The smallest absolute Gasteiger partial charge is 0.00579 e. The number of nitrogens with two attached hydrogens (primary N) is 1. The van der Waals surface area contributed by atoms with Gasteiger partial charge in [-0.3, -0.25) is 0 Å². The Morgan fingerprint density at radius 1 is 1.41 bits per heavy atom. The van der Waals surface area contributed by atoms with E-state index in [-0.39, 0.29) is 0 Å². The number of thiophene rings is 1. The Labute approximate surface area is 109 Å². The summed E-state index contributed by atoms with van der Waals surface area (Å²) in [4.78, 5) is 3.96. The van der Waals surface area contributed by atoms with Gasteiger partial charge in [0.15, 0.2) is 0 Å². The molecule has 1 aliphatic carbocycles. The fourth-order valence-corrected chi connectivity index (χ4v) is 3.66. The van der Waals surface area contributed by atoms with Gasteiger partial charge in [0, 0.05) is 18.0 Å². The van der Waals surface area contributed by atoms with Crippen molar-refractivity contribution in [1.82, 2.24) is 4.90 Å². The number of rotatable bonds is 6. The van der Waals surface area contributed by atoms with Crippen molar-refractivity contribution in [3.05, 3.63) is 22.4 Å². The second-order valence-corrected chi connectivity index (χ2v) is 6.51. The molecule has 1 saturated carbocycles. The van der Waals surface area contributed by atoms with Crippen LogP contribution in [-0.2, 0) is 6.42 Å². The molecular formula is C14H24N2S. The standard InChI is InChI=1S/C14H24N2S/c1-16(9-6-13-5-4-10-17-13)12-14(11-15)7-2-3-8-14/h4-5,10H,2-3,6-9,11-12,15H2,1H3. The molecule has 1 fully saturated rings. The second-order valence-electron chi connectivity index (χ2n) is 5.48. The molecule has 0 unspecified atom stereocenters. The topological polar surface area (TPSA) is 29.3 Å². The number of hydrogen-bond donors (Lipinski definition) is 1. The summed E-state index contributed by atoms with van der Waals surface area (Å²) in [6.45, 7) is 3.19. The molecule has 0 radical (unpaired) electrons. The minimum Gasteiger partial charge on any atom is -0.330 e. The summed E-state index contributed by atoms with van der Waals surface area (Å²) >= 11 is 1.86. The average molecular weight is 252 g/mol. The molecule has 1 aromatic rings. The zero-order chi connectivity index (χ0) is 12.1. The van der Waals surface area contributed by atoms with Gasteiger partial charge < -0.3 is 10.6 Å². The van der Waals surface area contributed by atoms with E-state index in [2.05, 4.69) is 29.5 Å². The molecule has 0 atom stereocenters. The van der Waals surface area contributed by atoms with Crippen molar-refractivity contribution in [3.63, 3.8) is 0 Å². The predicted octanol–water partition coefficient (Wildman–Crippen LogP) is 2.74. The van der Waals surface area contributed by atoms with E-state index in [4.69, 9.17) is 5.73 Å². The van der Waals surface area contributed by atoms with Crippen molar-refractivity contribution in [2.45, 2.75) is 32.1 Å². The zero-order valence-corrected chi connectivity index (χ0v) is 11.6. The Morgan fingerprint density at radius 2 is 2.18 bits per heavy atom. The van der Waals surface area contributed by atoms with Crippen LogP contribution >= 0.6 is 11.3 Å². The van der Waals surface area contributed by atoms with Crippen LogP contribution in [-0.4, -0.2) is 31.6 Å². The molecule has 1 aliphatic rings. The highest BCUT2D eigenvalue weighted by Gasteiger charge is 2.33. The van der Waals surface area contributed by atoms with Gasteiger partial charge in [-0.1, -0.05) is 18.9 Å². The SMILES string of the molecule is CN(CCc1cccs1)CC1(CN)CCCC1. The third-order valence-electron chi connectivity index (χ3n) is 4.02. The Hall–Kier alpha value is -0.380. The first-order valence-electron chi connectivity index (χ1n) is 6.65. The fraction of sp³-hybridized carbons (Fsp3) is 0.714.